The van der Waals surface area contributed by atoms with Crippen molar-refractivity contribution in [1.29, 1.82) is 0 Å². The molecule has 0 aliphatic rings. The lowest BCUT2D eigenvalue weighted by Crippen LogP contribution is -2.19. The number of ether oxygens (including phenoxy) is 1. The molecule has 1 aromatic rings. The van der Waals surface area contributed by atoms with E-state index in [1.165, 1.54) is 0 Å². The lowest BCUT2D eigenvalue weighted by atomic mass is 10.1. The van der Waals surface area contributed by atoms with Crippen LogP contribution in [-0.2, 0) is 4.79 Å². The standard InChI is InChI=1S/C16H22BrNO3/c1-5-12(17)15(19)11-7-8-13(14(9-11)21-6-2)18-16(20)10(3)4/h7-10,12H,5-6H2,1-4H3,(H,18,20). The number of carbonyl (C=O) groups is 2. The molecule has 1 atom stereocenters. The molecule has 0 saturated carbocycles. The smallest absolute Gasteiger partial charge is 0.227 e. The monoisotopic (exact) mass is 355 g/mol. The molecule has 5 heteroatoms. The number of amides is 1. The molecular formula is C16H22BrNO3. The van der Waals surface area contributed by atoms with Gasteiger partial charge in [-0.25, -0.2) is 0 Å². The number of benzene rings is 1. The summed E-state index contributed by atoms with van der Waals surface area (Å²) in [4.78, 5) is 23.8. The van der Waals surface area contributed by atoms with E-state index in [2.05, 4.69) is 21.2 Å². The Bertz CT molecular complexity index is 514. The van der Waals surface area contributed by atoms with Crippen molar-refractivity contribution in [3.63, 3.8) is 0 Å². The van der Waals surface area contributed by atoms with Crippen molar-refractivity contribution in [2.75, 3.05) is 11.9 Å². The Labute approximate surface area is 134 Å². The van der Waals surface area contributed by atoms with Crippen molar-refractivity contribution >= 4 is 33.3 Å². The van der Waals surface area contributed by atoms with Crippen LogP contribution in [0.15, 0.2) is 18.2 Å². The summed E-state index contributed by atoms with van der Waals surface area (Å²) < 4.78 is 5.54. The molecule has 0 aromatic heterocycles. The molecule has 0 saturated heterocycles. The molecule has 4 nitrogen and oxygen atoms in total. The highest BCUT2D eigenvalue weighted by molar-refractivity contribution is 9.10. The molecule has 1 unspecified atom stereocenters. The van der Waals surface area contributed by atoms with Crippen LogP contribution in [-0.4, -0.2) is 23.1 Å². The van der Waals surface area contributed by atoms with Crippen LogP contribution in [0.1, 0.15) is 44.5 Å². The molecule has 0 aliphatic carbocycles. The Morgan fingerprint density at radius 2 is 1.95 bits per heavy atom. The maximum Gasteiger partial charge on any atom is 0.227 e. The van der Waals surface area contributed by atoms with E-state index in [9.17, 15) is 9.59 Å². The van der Waals surface area contributed by atoms with Gasteiger partial charge in [-0.1, -0.05) is 36.7 Å². The first-order valence-electron chi connectivity index (χ1n) is 7.16. The fourth-order valence-corrected chi connectivity index (χ4v) is 1.96. The lowest BCUT2D eigenvalue weighted by Gasteiger charge is -2.15. The molecule has 0 spiro atoms. The molecule has 0 heterocycles. The highest BCUT2D eigenvalue weighted by Crippen LogP contribution is 2.28. The minimum Gasteiger partial charge on any atom is -0.492 e. The summed E-state index contributed by atoms with van der Waals surface area (Å²) in [5, 5.41) is 2.82. The third-order valence-electron chi connectivity index (χ3n) is 2.99. The topological polar surface area (TPSA) is 55.4 Å². The number of nitrogens with one attached hydrogen (secondary N) is 1. The van der Waals surface area contributed by atoms with Crippen LogP contribution in [0.3, 0.4) is 0 Å². The molecular weight excluding hydrogens is 334 g/mol. The Hall–Kier alpha value is -1.36. The van der Waals surface area contributed by atoms with Gasteiger partial charge in [0.25, 0.3) is 0 Å². The van der Waals surface area contributed by atoms with Crippen LogP contribution >= 0.6 is 15.9 Å². The summed E-state index contributed by atoms with van der Waals surface area (Å²) in [5.74, 6) is 0.336. The predicted molar refractivity (Wildman–Crippen MR) is 88.4 cm³/mol. The molecule has 0 fully saturated rings. The van der Waals surface area contributed by atoms with Crippen LogP contribution < -0.4 is 10.1 Å². The van der Waals surface area contributed by atoms with Gasteiger partial charge in [0.05, 0.1) is 17.1 Å². The zero-order valence-corrected chi connectivity index (χ0v) is 14.5. The summed E-state index contributed by atoms with van der Waals surface area (Å²) in [5.41, 5.74) is 1.17. The van der Waals surface area contributed by atoms with Crippen molar-refractivity contribution in [3.8, 4) is 5.75 Å². The zero-order valence-electron chi connectivity index (χ0n) is 12.9. The molecule has 1 rings (SSSR count). The number of halogens is 1. The van der Waals surface area contributed by atoms with E-state index < -0.39 is 0 Å². The normalized spacial score (nSPS) is 12.1. The summed E-state index contributed by atoms with van der Waals surface area (Å²) in [6.45, 7) is 7.92. The molecule has 0 radical (unpaired) electrons. The second-order valence-electron chi connectivity index (χ2n) is 5.03. The van der Waals surface area contributed by atoms with E-state index in [4.69, 9.17) is 4.74 Å². The maximum atomic E-state index is 12.2. The SMILES string of the molecule is CCOc1cc(C(=O)C(Br)CC)ccc1NC(=O)C(C)C. The minimum absolute atomic E-state index is 0.0141. The van der Waals surface area contributed by atoms with Crippen molar-refractivity contribution in [2.45, 2.75) is 38.9 Å². The number of alkyl halides is 1. The van der Waals surface area contributed by atoms with E-state index in [1.54, 1.807) is 18.2 Å². The van der Waals surface area contributed by atoms with Gasteiger partial charge in [-0.05, 0) is 31.5 Å². The fraction of sp³-hybridized carbons (Fsp3) is 0.500. The van der Waals surface area contributed by atoms with Gasteiger partial charge in [-0.2, -0.15) is 0 Å². The molecule has 1 amide bonds. The largest absolute Gasteiger partial charge is 0.492 e. The average Bonchev–Trinajstić information content (AvgIpc) is 2.47. The lowest BCUT2D eigenvalue weighted by molar-refractivity contribution is -0.118. The Morgan fingerprint density at radius 3 is 2.48 bits per heavy atom. The number of ketones is 1. The molecule has 1 N–H and O–H groups in total. The fourth-order valence-electron chi connectivity index (χ4n) is 1.70. The number of carbonyl (C=O) groups excluding carboxylic acids is 2. The summed E-state index contributed by atoms with van der Waals surface area (Å²) in [7, 11) is 0. The highest BCUT2D eigenvalue weighted by Gasteiger charge is 2.18. The molecule has 0 aliphatic heterocycles. The molecule has 1 aromatic carbocycles. The average molecular weight is 356 g/mol. The van der Waals surface area contributed by atoms with Gasteiger partial charge in [0.1, 0.15) is 5.75 Å². The van der Waals surface area contributed by atoms with Gasteiger partial charge in [-0.3, -0.25) is 9.59 Å². The summed E-state index contributed by atoms with van der Waals surface area (Å²) in [6.07, 6.45) is 0.717. The van der Waals surface area contributed by atoms with E-state index >= 15 is 0 Å². The van der Waals surface area contributed by atoms with Gasteiger partial charge < -0.3 is 10.1 Å². The number of Topliss-reactive ketones (excluding diaryl/α,β-unsaturated/α-hetero) is 1. The Morgan fingerprint density at radius 1 is 1.29 bits per heavy atom. The molecule has 116 valence electrons. The van der Waals surface area contributed by atoms with E-state index in [-0.39, 0.29) is 22.4 Å². The minimum atomic E-state index is -0.205. The molecule has 0 bridgehead atoms. The van der Waals surface area contributed by atoms with Gasteiger partial charge in [0.15, 0.2) is 5.78 Å². The first-order valence-corrected chi connectivity index (χ1v) is 8.08. The maximum absolute atomic E-state index is 12.2. The number of hydrogen-bond donors (Lipinski definition) is 1. The summed E-state index contributed by atoms with van der Waals surface area (Å²) in [6, 6.07) is 5.12. The first-order chi connectivity index (χ1) is 9.90. The zero-order chi connectivity index (χ0) is 16.0. The third-order valence-corrected chi connectivity index (χ3v) is 4.05. The van der Waals surface area contributed by atoms with Gasteiger partial charge >= 0.3 is 0 Å². The second kappa shape index (κ2) is 8.17. The van der Waals surface area contributed by atoms with Crippen LogP contribution in [0.5, 0.6) is 5.75 Å². The van der Waals surface area contributed by atoms with Crippen LogP contribution in [0.25, 0.3) is 0 Å². The Kier molecular flexibility index (Phi) is 6.89. The predicted octanol–water partition coefficient (Wildman–Crippen LogP) is 4.04. The van der Waals surface area contributed by atoms with Gasteiger partial charge in [-0.15, -0.1) is 0 Å². The van der Waals surface area contributed by atoms with Crippen molar-refractivity contribution in [1.82, 2.24) is 0 Å². The van der Waals surface area contributed by atoms with E-state index in [0.717, 1.165) is 0 Å². The molecule has 21 heavy (non-hydrogen) atoms. The van der Waals surface area contributed by atoms with Crippen molar-refractivity contribution < 1.29 is 14.3 Å². The quantitative estimate of drug-likeness (QED) is 0.593. The van der Waals surface area contributed by atoms with Crippen LogP contribution in [0, 0.1) is 5.92 Å². The van der Waals surface area contributed by atoms with E-state index in [1.807, 2.05) is 27.7 Å². The van der Waals surface area contributed by atoms with Gasteiger partial charge in [0.2, 0.25) is 5.91 Å². The number of anilines is 1. The Balaban J connectivity index is 3.06. The van der Waals surface area contributed by atoms with Crippen LogP contribution in [0.4, 0.5) is 5.69 Å². The van der Waals surface area contributed by atoms with Crippen molar-refractivity contribution in [2.24, 2.45) is 5.92 Å². The second-order valence-corrected chi connectivity index (χ2v) is 6.13. The van der Waals surface area contributed by atoms with E-state index in [0.29, 0.717) is 30.0 Å². The number of rotatable bonds is 7. The van der Waals surface area contributed by atoms with Gasteiger partial charge in [0, 0.05) is 11.5 Å². The first kappa shape index (κ1) is 17.7. The number of hydrogen-bond acceptors (Lipinski definition) is 3. The highest BCUT2D eigenvalue weighted by atomic mass is 79.9. The van der Waals surface area contributed by atoms with Crippen molar-refractivity contribution in [3.05, 3.63) is 23.8 Å². The third kappa shape index (κ3) is 4.84. The van der Waals surface area contributed by atoms with Crippen LogP contribution in [0.2, 0.25) is 0 Å². The summed E-state index contributed by atoms with van der Waals surface area (Å²) >= 11 is 3.36.